The molecule has 2 heterocycles. The maximum absolute atomic E-state index is 13.4. The number of thiophene rings is 1. The van der Waals surface area contributed by atoms with Gasteiger partial charge in [-0.25, -0.2) is 0 Å². The topological polar surface area (TPSA) is 72.5 Å². The molecule has 156 valence electrons. The highest BCUT2D eigenvalue weighted by atomic mass is 32.1. The molecule has 0 saturated carbocycles. The lowest BCUT2D eigenvalue weighted by molar-refractivity contribution is 0.102. The first kappa shape index (κ1) is 20.2. The van der Waals surface area contributed by atoms with Gasteiger partial charge in [-0.1, -0.05) is 0 Å². The second-order valence-corrected chi connectivity index (χ2v) is 8.25. The molecule has 0 bridgehead atoms. The van der Waals surface area contributed by atoms with Crippen LogP contribution >= 0.6 is 11.3 Å². The molecule has 0 spiro atoms. The summed E-state index contributed by atoms with van der Waals surface area (Å²) in [4.78, 5) is 18.7. The monoisotopic (exact) mass is 423 g/mol. The van der Waals surface area contributed by atoms with Crippen LogP contribution in [0.3, 0.4) is 0 Å². The van der Waals surface area contributed by atoms with Gasteiger partial charge in [0.1, 0.15) is 16.5 Å². The normalized spacial score (nSPS) is 12.7. The minimum Gasteiger partial charge on any atom is -0.497 e. The van der Waals surface area contributed by atoms with Gasteiger partial charge in [0, 0.05) is 29.9 Å². The standard InChI is InChI=1S/C23H25N3O3S/c1-28-16-7-8-18(19(13-16)29-2)26-22(27)21-17-5-3-4-6-20(17)30-23(21)25-14-15-9-11-24-12-10-15/h7-13,25H,3-6,14H2,1-2H3,(H,26,27). The Hall–Kier alpha value is -3.06. The predicted octanol–water partition coefficient (Wildman–Crippen LogP) is 4.90. The van der Waals surface area contributed by atoms with E-state index in [-0.39, 0.29) is 5.91 Å². The number of aryl methyl sites for hydroxylation is 1. The van der Waals surface area contributed by atoms with Crippen LogP contribution in [0.15, 0.2) is 42.7 Å². The maximum atomic E-state index is 13.4. The molecular weight excluding hydrogens is 398 g/mol. The Bertz CT molecular complexity index is 1030. The summed E-state index contributed by atoms with van der Waals surface area (Å²) in [5.74, 6) is 1.13. The molecule has 7 heteroatoms. The summed E-state index contributed by atoms with van der Waals surface area (Å²) >= 11 is 1.70. The fourth-order valence-corrected chi connectivity index (χ4v) is 4.98. The molecule has 2 aromatic heterocycles. The van der Waals surface area contributed by atoms with Gasteiger partial charge in [0.2, 0.25) is 0 Å². The molecular formula is C23H25N3O3S. The van der Waals surface area contributed by atoms with Crippen molar-refractivity contribution in [2.45, 2.75) is 32.2 Å². The number of nitrogens with zero attached hydrogens (tertiary/aromatic N) is 1. The smallest absolute Gasteiger partial charge is 0.259 e. The minimum absolute atomic E-state index is 0.116. The quantitative estimate of drug-likeness (QED) is 0.565. The average molecular weight is 424 g/mol. The van der Waals surface area contributed by atoms with Gasteiger partial charge in [-0.3, -0.25) is 9.78 Å². The van der Waals surface area contributed by atoms with E-state index >= 15 is 0 Å². The highest BCUT2D eigenvalue weighted by Crippen LogP contribution is 2.39. The van der Waals surface area contributed by atoms with Crippen LogP contribution in [0.5, 0.6) is 11.5 Å². The molecule has 1 aliphatic carbocycles. The second kappa shape index (κ2) is 9.17. The molecule has 0 aliphatic heterocycles. The number of hydrogen-bond acceptors (Lipinski definition) is 6. The number of fused-ring (bicyclic) bond motifs is 1. The predicted molar refractivity (Wildman–Crippen MR) is 120 cm³/mol. The van der Waals surface area contributed by atoms with Crippen molar-refractivity contribution >= 4 is 27.9 Å². The number of carbonyl (C=O) groups is 1. The number of nitrogens with one attached hydrogen (secondary N) is 2. The van der Waals surface area contributed by atoms with Gasteiger partial charge in [0.15, 0.2) is 0 Å². The van der Waals surface area contributed by atoms with Gasteiger partial charge in [-0.15, -0.1) is 11.3 Å². The van der Waals surface area contributed by atoms with Gasteiger partial charge in [0.25, 0.3) is 5.91 Å². The summed E-state index contributed by atoms with van der Waals surface area (Å²) in [5, 5.41) is 7.44. The van der Waals surface area contributed by atoms with E-state index in [1.807, 2.05) is 18.2 Å². The van der Waals surface area contributed by atoms with E-state index in [1.54, 1.807) is 50.1 Å². The third-order valence-electron chi connectivity index (χ3n) is 5.26. The zero-order chi connectivity index (χ0) is 20.9. The molecule has 30 heavy (non-hydrogen) atoms. The van der Waals surface area contributed by atoms with Crippen molar-refractivity contribution in [3.8, 4) is 11.5 Å². The van der Waals surface area contributed by atoms with E-state index in [9.17, 15) is 4.79 Å². The Labute approximate surface area is 180 Å². The number of methoxy groups -OCH3 is 2. The Morgan fingerprint density at radius 2 is 1.90 bits per heavy atom. The SMILES string of the molecule is COc1ccc(NC(=O)c2c(NCc3ccncc3)sc3c2CCCC3)c(OC)c1. The first-order valence-electron chi connectivity index (χ1n) is 10.00. The van der Waals surface area contributed by atoms with E-state index in [1.165, 1.54) is 16.9 Å². The number of carbonyl (C=O) groups excluding carboxylic acids is 1. The van der Waals surface area contributed by atoms with Crippen LogP contribution in [0.2, 0.25) is 0 Å². The molecule has 0 saturated heterocycles. The zero-order valence-corrected chi connectivity index (χ0v) is 18.0. The summed E-state index contributed by atoms with van der Waals surface area (Å²) in [6.07, 6.45) is 7.80. The molecule has 3 aromatic rings. The Morgan fingerprint density at radius 1 is 1.10 bits per heavy atom. The van der Waals surface area contributed by atoms with Crippen molar-refractivity contribution in [3.63, 3.8) is 0 Å². The van der Waals surface area contributed by atoms with Gasteiger partial charge in [-0.05, 0) is 61.1 Å². The van der Waals surface area contributed by atoms with Crippen molar-refractivity contribution in [2.75, 3.05) is 24.9 Å². The van der Waals surface area contributed by atoms with Crippen LogP contribution in [0.4, 0.5) is 10.7 Å². The fourth-order valence-electron chi connectivity index (χ4n) is 3.70. The number of aromatic nitrogens is 1. The molecule has 0 fully saturated rings. The number of ether oxygens (including phenoxy) is 2. The van der Waals surface area contributed by atoms with E-state index < -0.39 is 0 Å². The average Bonchev–Trinajstić information content (AvgIpc) is 3.17. The van der Waals surface area contributed by atoms with E-state index in [0.717, 1.165) is 35.4 Å². The number of hydrogen-bond donors (Lipinski definition) is 2. The molecule has 0 atom stereocenters. The Balaban J connectivity index is 1.62. The number of amides is 1. The summed E-state index contributed by atoms with van der Waals surface area (Å²) in [7, 11) is 3.18. The second-order valence-electron chi connectivity index (χ2n) is 7.14. The number of rotatable bonds is 7. The van der Waals surface area contributed by atoms with Gasteiger partial charge in [-0.2, -0.15) is 0 Å². The Kier molecular flexibility index (Phi) is 6.18. The lowest BCUT2D eigenvalue weighted by Gasteiger charge is -2.15. The van der Waals surface area contributed by atoms with Crippen LogP contribution in [0.1, 0.15) is 39.2 Å². The minimum atomic E-state index is -0.116. The third kappa shape index (κ3) is 4.26. The lowest BCUT2D eigenvalue weighted by atomic mass is 9.95. The lowest BCUT2D eigenvalue weighted by Crippen LogP contribution is -2.17. The van der Waals surface area contributed by atoms with Gasteiger partial charge >= 0.3 is 0 Å². The number of benzene rings is 1. The molecule has 0 unspecified atom stereocenters. The molecule has 0 radical (unpaired) electrons. The molecule has 1 aromatic carbocycles. The largest absolute Gasteiger partial charge is 0.497 e. The number of anilines is 2. The van der Waals surface area contributed by atoms with Crippen molar-refractivity contribution < 1.29 is 14.3 Å². The molecule has 4 rings (SSSR count). The number of pyridine rings is 1. The van der Waals surface area contributed by atoms with Crippen molar-refractivity contribution in [1.82, 2.24) is 4.98 Å². The van der Waals surface area contributed by atoms with Crippen LogP contribution < -0.4 is 20.1 Å². The summed E-state index contributed by atoms with van der Waals surface area (Å²) in [5.41, 5.74) is 3.67. The summed E-state index contributed by atoms with van der Waals surface area (Å²) in [6, 6.07) is 9.33. The van der Waals surface area contributed by atoms with E-state index in [2.05, 4.69) is 15.6 Å². The van der Waals surface area contributed by atoms with E-state index in [0.29, 0.717) is 23.7 Å². The first-order valence-corrected chi connectivity index (χ1v) is 10.8. The van der Waals surface area contributed by atoms with Crippen LogP contribution in [0, 0.1) is 0 Å². The first-order chi connectivity index (χ1) is 14.7. The van der Waals surface area contributed by atoms with Gasteiger partial charge in [0.05, 0.1) is 25.5 Å². The molecule has 2 N–H and O–H groups in total. The fraction of sp³-hybridized carbons (Fsp3) is 0.304. The third-order valence-corrected chi connectivity index (χ3v) is 6.51. The summed E-state index contributed by atoms with van der Waals surface area (Å²) < 4.78 is 10.7. The molecule has 1 aliphatic rings. The summed E-state index contributed by atoms with van der Waals surface area (Å²) in [6.45, 7) is 0.647. The highest BCUT2D eigenvalue weighted by molar-refractivity contribution is 7.16. The highest BCUT2D eigenvalue weighted by Gasteiger charge is 2.26. The van der Waals surface area contributed by atoms with Gasteiger partial charge < -0.3 is 20.1 Å². The van der Waals surface area contributed by atoms with Crippen LogP contribution in [-0.2, 0) is 19.4 Å². The maximum Gasteiger partial charge on any atom is 0.259 e. The van der Waals surface area contributed by atoms with E-state index in [4.69, 9.17) is 9.47 Å². The van der Waals surface area contributed by atoms with Crippen molar-refractivity contribution in [2.24, 2.45) is 0 Å². The molecule has 6 nitrogen and oxygen atoms in total. The molecule has 1 amide bonds. The van der Waals surface area contributed by atoms with Crippen molar-refractivity contribution in [1.29, 1.82) is 0 Å². The van der Waals surface area contributed by atoms with Crippen LogP contribution in [-0.4, -0.2) is 25.1 Å². The van der Waals surface area contributed by atoms with Crippen LogP contribution in [0.25, 0.3) is 0 Å². The van der Waals surface area contributed by atoms with Crippen molar-refractivity contribution in [3.05, 3.63) is 64.3 Å². The zero-order valence-electron chi connectivity index (χ0n) is 17.2. The Morgan fingerprint density at radius 3 is 2.67 bits per heavy atom.